The van der Waals surface area contributed by atoms with Gasteiger partial charge >= 0.3 is 24.0 Å². The van der Waals surface area contributed by atoms with Gasteiger partial charge in [0.2, 0.25) is 0 Å². The van der Waals surface area contributed by atoms with Crippen LogP contribution in [0.4, 0.5) is 4.79 Å². The van der Waals surface area contributed by atoms with Gasteiger partial charge in [0.15, 0.2) is 0 Å². The van der Waals surface area contributed by atoms with Crippen LogP contribution < -0.4 is 5.32 Å². The van der Waals surface area contributed by atoms with Crippen LogP contribution in [-0.2, 0) is 35.2 Å². The second-order valence-electron chi connectivity index (χ2n) is 11.6. The topological polar surface area (TPSA) is 128 Å². The van der Waals surface area contributed by atoms with E-state index in [0.29, 0.717) is 38.5 Å². The van der Waals surface area contributed by atoms with E-state index in [0.717, 1.165) is 44.1 Å². The van der Waals surface area contributed by atoms with E-state index >= 15 is 0 Å². The van der Waals surface area contributed by atoms with Gasteiger partial charge < -0.3 is 24.6 Å². The summed E-state index contributed by atoms with van der Waals surface area (Å²) in [5, 5.41) is 12.2. The van der Waals surface area contributed by atoms with Crippen LogP contribution in [0.3, 0.4) is 0 Å². The Hall–Kier alpha value is -3.10. The Kier molecular flexibility index (Phi) is 8.04. The summed E-state index contributed by atoms with van der Waals surface area (Å²) in [6, 6.07) is 9.63. The molecule has 6 saturated carbocycles. The van der Waals surface area contributed by atoms with Gasteiger partial charge in [-0.25, -0.2) is 4.79 Å². The average Bonchev–Trinajstić information content (AvgIpc) is 2.97. The lowest BCUT2D eigenvalue weighted by Crippen LogP contribution is -2.58. The number of carboxylic acid groups (broad SMARTS) is 1. The molecule has 0 unspecified atom stereocenters. The van der Waals surface area contributed by atoms with E-state index in [-0.39, 0.29) is 41.0 Å². The Morgan fingerprint density at radius 3 is 1.55 bits per heavy atom. The Bertz CT molecular complexity index is 1000. The van der Waals surface area contributed by atoms with Crippen LogP contribution in [0.2, 0.25) is 0 Å². The summed E-state index contributed by atoms with van der Waals surface area (Å²) in [6.45, 7) is 0.273. The SMILES string of the molecule is COC(=O)C12CCC(C(=O)O)(CC1)CC2.COC(=O)C12CCC(NC(=O)OCc3ccccc3)(CC1)CC2. The molecule has 0 atom stereocenters. The highest BCUT2D eigenvalue weighted by Crippen LogP contribution is 2.57. The zero-order chi connectivity index (χ0) is 27.4. The highest BCUT2D eigenvalue weighted by molar-refractivity contribution is 5.80. The second-order valence-corrected chi connectivity index (χ2v) is 11.6. The zero-order valence-electron chi connectivity index (χ0n) is 22.4. The number of carbonyl (C=O) groups is 4. The fourth-order valence-electron chi connectivity index (χ4n) is 6.90. The van der Waals surface area contributed by atoms with Crippen molar-refractivity contribution in [3.63, 3.8) is 0 Å². The molecular weight excluding hydrogens is 490 g/mol. The van der Waals surface area contributed by atoms with E-state index in [2.05, 4.69) is 5.32 Å². The first-order valence-electron chi connectivity index (χ1n) is 13.5. The third-order valence-electron chi connectivity index (χ3n) is 9.76. The maximum atomic E-state index is 12.1. The number of methoxy groups -OCH3 is 2. The van der Waals surface area contributed by atoms with Crippen LogP contribution in [0.1, 0.15) is 82.6 Å². The number of benzene rings is 1. The molecular formula is C29H39NO8. The highest BCUT2D eigenvalue weighted by Gasteiger charge is 2.56. The van der Waals surface area contributed by atoms with Crippen LogP contribution in [-0.4, -0.2) is 48.9 Å². The molecule has 9 nitrogen and oxygen atoms in total. The molecule has 6 aliphatic carbocycles. The number of ether oxygens (including phenoxy) is 3. The van der Waals surface area contributed by atoms with Crippen molar-refractivity contribution in [3.8, 4) is 0 Å². The van der Waals surface area contributed by atoms with E-state index in [1.807, 2.05) is 30.3 Å². The van der Waals surface area contributed by atoms with Gasteiger partial charge in [0.05, 0.1) is 30.5 Å². The Labute approximate surface area is 223 Å². The molecule has 1 aromatic rings. The van der Waals surface area contributed by atoms with E-state index in [9.17, 15) is 24.3 Å². The van der Waals surface area contributed by atoms with E-state index < -0.39 is 11.4 Å². The number of rotatable bonds is 6. The predicted octanol–water partition coefficient (Wildman–Crippen LogP) is 4.76. The molecule has 0 heterocycles. The molecule has 4 bridgehead atoms. The van der Waals surface area contributed by atoms with Crippen LogP contribution in [0.5, 0.6) is 0 Å². The summed E-state index contributed by atoms with van der Waals surface area (Å²) < 4.78 is 15.1. The maximum Gasteiger partial charge on any atom is 0.407 e. The minimum Gasteiger partial charge on any atom is -0.481 e. The minimum atomic E-state index is -0.694. The van der Waals surface area contributed by atoms with Crippen molar-refractivity contribution in [2.24, 2.45) is 16.2 Å². The van der Waals surface area contributed by atoms with Crippen molar-refractivity contribution in [1.29, 1.82) is 0 Å². The normalized spacial score (nSPS) is 32.8. The lowest BCUT2D eigenvalue weighted by Gasteiger charge is -2.51. The van der Waals surface area contributed by atoms with Gasteiger partial charge in [-0.3, -0.25) is 14.4 Å². The van der Waals surface area contributed by atoms with Crippen LogP contribution in [0.25, 0.3) is 0 Å². The number of aliphatic carboxylic acids is 1. The monoisotopic (exact) mass is 529 g/mol. The first-order valence-corrected chi connectivity index (χ1v) is 13.5. The Balaban J connectivity index is 0.000000194. The molecule has 6 fully saturated rings. The number of amides is 1. The predicted molar refractivity (Wildman–Crippen MR) is 137 cm³/mol. The molecule has 1 amide bonds. The third-order valence-corrected chi connectivity index (χ3v) is 9.76. The Morgan fingerprint density at radius 2 is 1.13 bits per heavy atom. The minimum absolute atomic E-state index is 0.0996. The summed E-state index contributed by atoms with van der Waals surface area (Å²) in [6.07, 6.45) is 8.26. The number of nitrogens with one attached hydrogen (secondary N) is 1. The first-order chi connectivity index (χ1) is 18.1. The zero-order valence-corrected chi connectivity index (χ0v) is 22.4. The van der Waals surface area contributed by atoms with Crippen molar-refractivity contribution >= 4 is 24.0 Å². The van der Waals surface area contributed by atoms with Gasteiger partial charge in [0.25, 0.3) is 0 Å². The summed E-state index contributed by atoms with van der Waals surface area (Å²) in [5.41, 5.74) is -0.491. The molecule has 7 rings (SSSR count). The number of alkyl carbamates (subject to hydrolysis) is 1. The number of esters is 2. The Morgan fingerprint density at radius 1 is 0.711 bits per heavy atom. The summed E-state index contributed by atoms with van der Waals surface area (Å²) in [7, 11) is 2.86. The van der Waals surface area contributed by atoms with E-state index in [1.54, 1.807) is 0 Å². The molecule has 0 aromatic heterocycles. The lowest BCUT2D eigenvalue weighted by molar-refractivity contribution is -0.172. The number of carbonyl (C=O) groups excluding carboxylic acids is 3. The van der Waals surface area contributed by atoms with Gasteiger partial charge in [-0.2, -0.15) is 0 Å². The van der Waals surface area contributed by atoms with Crippen molar-refractivity contribution in [1.82, 2.24) is 5.32 Å². The van der Waals surface area contributed by atoms with Gasteiger partial charge in [0, 0.05) is 5.54 Å². The van der Waals surface area contributed by atoms with Gasteiger partial charge in [-0.15, -0.1) is 0 Å². The lowest BCUT2D eigenvalue weighted by atomic mass is 9.54. The number of hydrogen-bond donors (Lipinski definition) is 2. The first kappa shape index (κ1) is 27.9. The molecule has 0 saturated heterocycles. The second kappa shape index (κ2) is 10.9. The molecule has 38 heavy (non-hydrogen) atoms. The number of carboxylic acids is 1. The van der Waals surface area contributed by atoms with Gasteiger partial charge in [-0.05, 0) is 82.6 Å². The van der Waals surface area contributed by atoms with Crippen molar-refractivity contribution in [2.75, 3.05) is 14.2 Å². The number of hydrogen-bond acceptors (Lipinski definition) is 7. The smallest absolute Gasteiger partial charge is 0.407 e. The average molecular weight is 530 g/mol. The fourth-order valence-corrected chi connectivity index (χ4v) is 6.90. The molecule has 0 spiro atoms. The standard InChI is InChI=1S/C18H23NO4.C11H16O4/c1-22-15(20)17-7-10-18(11-8-17,12-9-17)19-16(21)23-13-14-5-3-2-4-6-14;1-15-9(14)11-5-2-10(3-6-11,4-7-11)8(12)13/h2-6H,7-13H2,1H3,(H,19,21);2-7H2,1H3,(H,12,13). The summed E-state index contributed by atoms with van der Waals surface area (Å²) in [4.78, 5) is 46.9. The number of fused-ring (bicyclic) bond motifs is 6. The van der Waals surface area contributed by atoms with E-state index in [4.69, 9.17) is 14.2 Å². The van der Waals surface area contributed by atoms with Gasteiger partial charge in [-0.1, -0.05) is 30.3 Å². The van der Waals surface area contributed by atoms with Crippen LogP contribution >= 0.6 is 0 Å². The van der Waals surface area contributed by atoms with Gasteiger partial charge in [0.1, 0.15) is 6.61 Å². The van der Waals surface area contributed by atoms with Crippen molar-refractivity contribution < 1.29 is 38.5 Å². The quantitative estimate of drug-likeness (QED) is 0.399. The van der Waals surface area contributed by atoms with E-state index in [1.165, 1.54) is 14.2 Å². The molecule has 2 N–H and O–H groups in total. The molecule has 0 aliphatic heterocycles. The van der Waals surface area contributed by atoms with Crippen molar-refractivity contribution in [2.45, 2.75) is 89.2 Å². The van der Waals surface area contributed by atoms with Crippen LogP contribution in [0, 0.1) is 16.2 Å². The third kappa shape index (κ3) is 5.38. The highest BCUT2D eigenvalue weighted by atomic mass is 16.5. The molecule has 208 valence electrons. The molecule has 9 heteroatoms. The summed E-state index contributed by atoms with van der Waals surface area (Å²) in [5.74, 6) is -0.945. The maximum absolute atomic E-state index is 12.1. The molecule has 1 aromatic carbocycles. The fraction of sp³-hybridized carbons (Fsp3) is 0.655. The van der Waals surface area contributed by atoms with Crippen molar-refractivity contribution in [3.05, 3.63) is 35.9 Å². The molecule has 0 radical (unpaired) electrons. The van der Waals surface area contributed by atoms with Crippen LogP contribution in [0.15, 0.2) is 30.3 Å². The largest absolute Gasteiger partial charge is 0.481 e. The molecule has 6 aliphatic rings. The summed E-state index contributed by atoms with van der Waals surface area (Å²) >= 11 is 0.